The number of imidazole rings is 1. The Balaban J connectivity index is 1.36. The fraction of sp³-hybridized carbons (Fsp3) is 0.333. The van der Waals surface area contributed by atoms with Gasteiger partial charge >= 0.3 is 0 Å². The molecule has 0 aliphatic carbocycles. The van der Waals surface area contributed by atoms with E-state index in [1.54, 1.807) is 13.0 Å². The summed E-state index contributed by atoms with van der Waals surface area (Å²) in [5.41, 5.74) is 5.70. The molecule has 10 heteroatoms. The summed E-state index contributed by atoms with van der Waals surface area (Å²) in [4.78, 5) is 40.7. The van der Waals surface area contributed by atoms with E-state index in [0.717, 1.165) is 11.0 Å². The summed E-state index contributed by atoms with van der Waals surface area (Å²) in [6.45, 7) is 8.22. The second kappa shape index (κ2) is 8.36. The molecular weight excluding hydrogens is 434 g/mol. The molecule has 2 amide bonds. The van der Waals surface area contributed by atoms with Gasteiger partial charge in [0.05, 0.1) is 17.1 Å². The maximum Gasteiger partial charge on any atom is 0.270 e. The first-order valence-corrected chi connectivity index (χ1v) is 11.2. The number of H-pyrrole nitrogens is 1. The Labute approximate surface area is 195 Å². The fourth-order valence-corrected chi connectivity index (χ4v) is 4.25. The molecule has 3 N–H and O–H groups in total. The number of rotatable bonds is 5. The number of fused-ring (bicyclic) bond motifs is 2. The molecule has 5 rings (SSSR count). The summed E-state index contributed by atoms with van der Waals surface area (Å²) in [5.74, 6) is 1.38. The molecule has 1 aliphatic heterocycles. The Morgan fingerprint density at radius 2 is 1.97 bits per heavy atom. The van der Waals surface area contributed by atoms with Gasteiger partial charge in [-0.3, -0.25) is 9.59 Å². The van der Waals surface area contributed by atoms with Gasteiger partial charge in [0.25, 0.3) is 5.91 Å². The van der Waals surface area contributed by atoms with Crippen LogP contribution in [0.2, 0.25) is 0 Å². The van der Waals surface area contributed by atoms with Gasteiger partial charge in [-0.25, -0.2) is 15.0 Å². The molecule has 1 aromatic carbocycles. The highest BCUT2D eigenvalue weighted by Crippen LogP contribution is 2.28. The molecule has 0 spiro atoms. The van der Waals surface area contributed by atoms with Crippen molar-refractivity contribution in [3.05, 3.63) is 52.7 Å². The minimum atomic E-state index is -0.461. The van der Waals surface area contributed by atoms with Gasteiger partial charge in [0.15, 0.2) is 11.6 Å². The maximum atomic E-state index is 12.9. The van der Waals surface area contributed by atoms with E-state index in [4.69, 9.17) is 4.52 Å². The molecule has 1 atom stereocenters. The third-order valence-corrected chi connectivity index (χ3v) is 6.06. The number of aromatic amines is 1. The molecule has 3 aromatic heterocycles. The number of aryl methyl sites for hydroxylation is 1. The average molecular weight is 460 g/mol. The van der Waals surface area contributed by atoms with Gasteiger partial charge < -0.3 is 20.1 Å². The minimum absolute atomic E-state index is 0.124. The summed E-state index contributed by atoms with van der Waals surface area (Å²) in [5, 5.41) is 9.71. The van der Waals surface area contributed by atoms with Crippen LogP contribution in [0.5, 0.6) is 0 Å². The van der Waals surface area contributed by atoms with Crippen molar-refractivity contribution < 1.29 is 14.1 Å². The number of nitrogens with zero attached hydrogens (tertiary/aromatic N) is 4. The van der Waals surface area contributed by atoms with E-state index in [1.807, 2.05) is 0 Å². The number of nitrogens with one attached hydrogen (secondary N) is 3. The molecule has 0 bridgehead atoms. The van der Waals surface area contributed by atoms with Gasteiger partial charge in [-0.1, -0.05) is 19.0 Å². The van der Waals surface area contributed by atoms with E-state index in [2.05, 4.69) is 68.6 Å². The molecule has 0 saturated heterocycles. The summed E-state index contributed by atoms with van der Waals surface area (Å²) in [6.07, 6.45) is 1.97. The third-order valence-electron chi connectivity index (χ3n) is 6.06. The highest BCUT2D eigenvalue weighted by atomic mass is 16.5. The standard InChI is InChI=1S/C24H25N7O3/c1-11(2)15-8-17-16(7-12(15)3)28-23(29-17)18-9-19(34-31-18)13(4)27-24(33)21-14-5-6-20(32)30-22(14)26-10-25-21/h7-11,13H,5-6H2,1-4H3,(H,27,33)(H,28,29)(H,25,26,30,32)/t13-/m1/s1. The second-order valence-electron chi connectivity index (χ2n) is 8.87. The minimum Gasteiger partial charge on any atom is -0.358 e. The van der Waals surface area contributed by atoms with Crippen molar-refractivity contribution in [3.8, 4) is 11.5 Å². The molecule has 4 aromatic rings. The molecule has 0 radical (unpaired) electrons. The molecular formula is C24H25N7O3. The molecule has 0 saturated carbocycles. The lowest BCUT2D eigenvalue weighted by atomic mass is 9.97. The number of hydrogen-bond acceptors (Lipinski definition) is 7. The molecule has 0 fully saturated rings. The molecule has 174 valence electrons. The predicted octanol–water partition coefficient (Wildman–Crippen LogP) is 3.82. The van der Waals surface area contributed by atoms with Crippen LogP contribution in [0.4, 0.5) is 5.82 Å². The van der Waals surface area contributed by atoms with Crippen molar-refractivity contribution in [1.29, 1.82) is 0 Å². The van der Waals surface area contributed by atoms with Gasteiger partial charge in [-0.2, -0.15) is 0 Å². The van der Waals surface area contributed by atoms with Crippen LogP contribution in [0.25, 0.3) is 22.6 Å². The summed E-state index contributed by atoms with van der Waals surface area (Å²) >= 11 is 0. The zero-order valence-electron chi connectivity index (χ0n) is 19.4. The predicted molar refractivity (Wildman–Crippen MR) is 125 cm³/mol. The number of hydrogen-bond donors (Lipinski definition) is 3. The number of carbonyl (C=O) groups is 2. The molecule has 4 heterocycles. The SMILES string of the molecule is Cc1cc2nc(-c3cc([C@@H](C)NC(=O)c4ncnc5c4CCC(=O)N5)on3)[nH]c2cc1C(C)C. The first kappa shape index (κ1) is 21.7. The van der Waals surface area contributed by atoms with Crippen LogP contribution >= 0.6 is 0 Å². The van der Waals surface area contributed by atoms with Crippen LogP contribution in [0.1, 0.15) is 72.1 Å². The first-order valence-electron chi connectivity index (χ1n) is 11.2. The maximum absolute atomic E-state index is 12.9. The van der Waals surface area contributed by atoms with Crippen LogP contribution in [-0.4, -0.2) is 36.9 Å². The molecule has 10 nitrogen and oxygen atoms in total. The van der Waals surface area contributed by atoms with Gasteiger partial charge in [0.1, 0.15) is 23.5 Å². The van der Waals surface area contributed by atoms with Crippen molar-refractivity contribution in [2.24, 2.45) is 0 Å². The van der Waals surface area contributed by atoms with Crippen LogP contribution in [0.3, 0.4) is 0 Å². The van der Waals surface area contributed by atoms with Gasteiger partial charge in [0, 0.05) is 18.1 Å². The van der Waals surface area contributed by atoms with E-state index in [9.17, 15) is 9.59 Å². The third kappa shape index (κ3) is 3.91. The van der Waals surface area contributed by atoms with Crippen molar-refractivity contribution in [3.63, 3.8) is 0 Å². The fourth-order valence-electron chi connectivity index (χ4n) is 4.25. The van der Waals surface area contributed by atoms with Gasteiger partial charge in [-0.15, -0.1) is 0 Å². The Bertz CT molecular complexity index is 1420. The Kier molecular flexibility index (Phi) is 5.35. The highest BCUT2D eigenvalue weighted by molar-refractivity contribution is 5.99. The molecule has 1 aliphatic rings. The van der Waals surface area contributed by atoms with Crippen molar-refractivity contribution >= 4 is 28.7 Å². The lowest BCUT2D eigenvalue weighted by Crippen LogP contribution is -2.30. The average Bonchev–Trinajstić information content (AvgIpc) is 3.44. The number of benzene rings is 1. The quantitative estimate of drug-likeness (QED) is 0.412. The summed E-state index contributed by atoms with van der Waals surface area (Å²) in [7, 11) is 0. The highest BCUT2D eigenvalue weighted by Gasteiger charge is 2.25. The topological polar surface area (TPSA) is 139 Å². The lowest BCUT2D eigenvalue weighted by Gasteiger charge is -2.18. The van der Waals surface area contributed by atoms with E-state index in [-0.39, 0.29) is 23.9 Å². The van der Waals surface area contributed by atoms with E-state index < -0.39 is 6.04 Å². The molecule has 0 unspecified atom stereocenters. The Hall–Kier alpha value is -4.08. The number of carbonyl (C=O) groups excluding carboxylic acids is 2. The van der Waals surface area contributed by atoms with Crippen molar-refractivity contribution in [1.82, 2.24) is 30.4 Å². The van der Waals surface area contributed by atoms with Gasteiger partial charge in [0.2, 0.25) is 5.91 Å². The zero-order chi connectivity index (χ0) is 24.0. The lowest BCUT2D eigenvalue weighted by molar-refractivity contribution is -0.116. The Morgan fingerprint density at radius 3 is 2.76 bits per heavy atom. The largest absolute Gasteiger partial charge is 0.358 e. The summed E-state index contributed by atoms with van der Waals surface area (Å²) < 4.78 is 5.51. The number of amides is 2. The normalized spacial score (nSPS) is 14.2. The first-order chi connectivity index (χ1) is 16.3. The monoisotopic (exact) mass is 459 g/mol. The van der Waals surface area contributed by atoms with Crippen LogP contribution < -0.4 is 10.6 Å². The van der Waals surface area contributed by atoms with Crippen molar-refractivity contribution in [2.75, 3.05) is 5.32 Å². The number of anilines is 1. The Morgan fingerprint density at radius 1 is 1.15 bits per heavy atom. The van der Waals surface area contributed by atoms with E-state index in [1.165, 1.54) is 17.5 Å². The van der Waals surface area contributed by atoms with Crippen LogP contribution in [0, 0.1) is 6.92 Å². The summed E-state index contributed by atoms with van der Waals surface area (Å²) in [6, 6.07) is 5.49. The smallest absolute Gasteiger partial charge is 0.270 e. The van der Waals surface area contributed by atoms with Gasteiger partial charge in [-0.05, 0) is 49.4 Å². The van der Waals surface area contributed by atoms with Crippen molar-refractivity contribution in [2.45, 2.75) is 52.5 Å². The van der Waals surface area contributed by atoms with Crippen LogP contribution in [0.15, 0.2) is 29.0 Å². The van der Waals surface area contributed by atoms with Crippen LogP contribution in [-0.2, 0) is 11.2 Å². The molecule has 34 heavy (non-hydrogen) atoms. The van der Waals surface area contributed by atoms with E-state index >= 15 is 0 Å². The zero-order valence-corrected chi connectivity index (χ0v) is 19.4. The second-order valence-corrected chi connectivity index (χ2v) is 8.87. The number of aromatic nitrogens is 5. The van der Waals surface area contributed by atoms with E-state index in [0.29, 0.717) is 41.0 Å².